The zero-order chi connectivity index (χ0) is 18.7. The Morgan fingerprint density at radius 1 is 0.923 bits per heavy atom. The van der Waals surface area contributed by atoms with Gasteiger partial charge in [0.15, 0.2) is 6.54 Å². The molecule has 134 valence electrons. The van der Waals surface area contributed by atoms with E-state index >= 15 is 0 Å². The lowest BCUT2D eigenvalue weighted by Gasteiger charge is -2.16. The molecule has 1 heterocycles. The first kappa shape index (κ1) is 18.1. The highest BCUT2D eigenvalue weighted by molar-refractivity contribution is 5.94. The Balaban J connectivity index is 1.94. The first-order valence-electron chi connectivity index (χ1n) is 9.26. The van der Waals surface area contributed by atoms with Crippen molar-refractivity contribution in [2.45, 2.75) is 46.1 Å². The van der Waals surface area contributed by atoms with E-state index in [1.54, 1.807) is 0 Å². The van der Waals surface area contributed by atoms with Crippen LogP contribution in [0.1, 0.15) is 61.0 Å². The van der Waals surface area contributed by atoms with E-state index in [0.29, 0.717) is 18.4 Å². The summed E-state index contributed by atoms with van der Waals surface area (Å²) in [6.45, 7) is 9.23. The molecule has 0 radical (unpaired) electrons. The summed E-state index contributed by atoms with van der Waals surface area (Å²) < 4.78 is 4.11. The third-order valence-electron chi connectivity index (χ3n) is 4.71. The number of carbonyl (C=O) groups excluding carboxylic acids is 1. The fourth-order valence-electron chi connectivity index (χ4n) is 3.31. The van der Waals surface area contributed by atoms with E-state index in [0.717, 1.165) is 5.56 Å². The molecule has 2 aromatic carbocycles. The van der Waals surface area contributed by atoms with Crippen molar-refractivity contribution in [2.24, 2.45) is 0 Å². The molecule has 0 unspecified atom stereocenters. The monoisotopic (exact) mass is 347 g/mol. The summed E-state index contributed by atoms with van der Waals surface area (Å²) in [6.07, 6.45) is 6.04. The van der Waals surface area contributed by atoms with Gasteiger partial charge in [-0.1, -0.05) is 76.2 Å². The molecule has 26 heavy (non-hydrogen) atoms. The quantitative estimate of drug-likeness (QED) is 0.460. The average molecular weight is 347 g/mol. The molecule has 3 heteroatoms. The van der Waals surface area contributed by atoms with Crippen LogP contribution in [0.5, 0.6) is 0 Å². The molecule has 0 spiro atoms. The average Bonchev–Trinajstić information content (AvgIpc) is 3.09. The van der Waals surface area contributed by atoms with Crippen molar-refractivity contribution in [1.82, 2.24) is 4.57 Å². The Kier molecular flexibility index (Phi) is 5.36. The van der Waals surface area contributed by atoms with E-state index in [2.05, 4.69) is 50.5 Å². The van der Waals surface area contributed by atoms with Gasteiger partial charge in [0.1, 0.15) is 18.1 Å². The summed E-state index contributed by atoms with van der Waals surface area (Å²) >= 11 is 0. The number of para-hydroxylation sites is 1. The Morgan fingerprint density at radius 3 is 2.12 bits per heavy atom. The van der Waals surface area contributed by atoms with Crippen LogP contribution in [-0.2, 0) is 6.54 Å². The largest absolute Gasteiger partial charge is 0.290 e. The van der Waals surface area contributed by atoms with Crippen molar-refractivity contribution < 1.29 is 9.36 Å². The third-order valence-corrected chi connectivity index (χ3v) is 4.71. The maximum absolute atomic E-state index is 12.5. The number of carbonyl (C=O) groups is 1. The third kappa shape index (κ3) is 3.77. The minimum absolute atomic E-state index is 0.120. The fraction of sp³-hybridized carbons (Fsp3) is 0.304. The van der Waals surface area contributed by atoms with E-state index in [4.69, 9.17) is 0 Å². The van der Waals surface area contributed by atoms with Gasteiger partial charge < -0.3 is 0 Å². The summed E-state index contributed by atoms with van der Waals surface area (Å²) in [4.78, 5) is 12.5. The van der Waals surface area contributed by atoms with E-state index in [1.165, 1.54) is 16.8 Å². The van der Waals surface area contributed by atoms with Gasteiger partial charge in [0.2, 0.25) is 12.1 Å². The van der Waals surface area contributed by atoms with Crippen molar-refractivity contribution in [1.29, 1.82) is 0 Å². The van der Waals surface area contributed by atoms with Crippen LogP contribution >= 0.6 is 0 Å². The van der Waals surface area contributed by atoms with Crippen LogP contribution in [0.3, 0.4) is 0 Å². The van der Waals surface area contributed by atoms with Crippen LogP contribution in [0.4, 0.5) is 0 Å². The Morgan fingerprint density at radius 2 is 1.54 bits per heavy atom. The van der Waals surface area contributed by atoms with Crippen LogP contribution in [-0.4, -0.2) is 10.4 Å². The molecule has 0 N–H and O–H groups in total. The van der Waals surface area contributed by atoms with Crippen molar-refractivity contribution in [3.63, 3.8) is 0 Å². The number of hydrogen-bond donors (Lipinski definition) is 0. The van der Waals surface area contributed by atoms with Gasteiger partial charge >= 0.3 is 0 Å². The summed E-state index contributed by atoms with van der Waals surface area (Å²) in [7, 11) is 0. The van der Waals surface area contributed by atoms with Crippen LogP contribution in [0.15, 0.2) is 67.3 Å². The summed E-state index contributed by atoms with van der Waals surface area (Å²) in [5.41, 5.74) is 4.64. The topological polar surface area (TPSA) is 25.9 Å². The minimum Gasteiger partial charge on any atom is -0.290 e. The predicted octanol–water partition coefficient (Wildman–Crippen LogP) is 4.89. The van der Waals surface area contributed by atoms with E-state index < -0.39 is 0 Å². The molecule has 0 amide bonds. The SMILES string of the molecule is CC(C)c1cccc(C(C)C)c1-n1cc[n+](CC(=O)c2ccccc2)c1. The predicted molar refractivity (Wildman–Crippen MR) is 105 cm³/mol. The smallest absolute Gasteiger partial charge is 0.249 e. The second kappa shape index (κ2) is 7.69. The van der Waals surface area contributed by atoms with Gasteiger partial charge in [0.25, 0.3) is 0 Å². The van der Waals surface area contributed by atoms with Crippen molar-refractivity contribution >= 4 is 5.78 Å². The standard InChI is InChI=1S/C23H27N2O/c1-17(2)20-11-8-12-21(18(3)4)23(20)25-14-13-24(16-25)15-22(26)19-9-6-5-7-10-19/h5-14,16-18H,15H2,1-4H3/q+1. The lowest BCUT2D eigenvalue weighted by atomic mass is 9.92. The number of benzene rings is 2. The molecular weight excluding hydrogens is 320 g/mol. The minimum atomic E-state index is 0.120. The summed E-state index contributed by atoms with van der Waals surface area (Å²) in [5.74, 6) is 0.991. The van der Waals surface area contributed by atoms with Gasteiger partial charge in [0, 0.05) is 16.7 Å². The van der Waals surface area contributed by atoms with Gasteiger partial charge in [0.05, 0.1) is 0 Å². The van der Waals surface area contributed by atoms with Gasteiger partial charge in [-0.2, -0.15) is 0 Å². The summed E-state index contributed by atoms with van der Waals surface area (Å²) in [6, 6.07) is 16.0. The highest BCUT2D eigenvalue weighted by Crippen LogP contribution is 2.30. The highest BCUT2D eigenvalue weighted by atomic mass is 16.1. The van der Waals surface area contributed by atoms with Crippen LogP contribution in [0.25, 0.3) is 5.69 Å². The number of nitrogens with zero attached hydrogens (tertiary/aromatic N) is 2. The lowest BCUT2D eigenvalue weighted by molar-refractivity contribution is -0.682. The Bertz CT molecular complexity index is 865. The zero-order valence-corrected chi connectivity index (χ0v) is 16.0. The lowest BCUT2D eigenvalue weighted by Crippen LogP contribution is -2.35. The van der Waals surface area contributed by atoms with Crippen LogP contribution < -0.4 is 4.57 Å². The van der Waals surface area contributed by atoms with Crippen molar-refractivity contribution in [2.75, 3.05) is 0 Å². The molecule has 3 aromatic rings. The number of aromatic nitrogens is 2. The molecule has 3 rings (SSSR count). The molecule has 0 aliphatic rings. The normalized spacial score (nSPS) is 11.3. The first-order chi connectivity index (χ1) is 12.5. The maximum atomic E-state index is 12.5. The summed E-state index contributed by atoms with van der Waals surface area (Å²) in [5, 5.41) is 0. The van der Waals surface area contributed by atoms with E-state index in [9.17, 15) is 4.79 Å². The number of ketones is 1. The van der Waals surface area contributed by atoms with E-state index in [-0.39, 0.29) is 5.78 Å². The second-order valence-electron chi connectivity index (χ2n) is 7.38. The molecular formula is C23H27N2O+. The molecule has 0 saturated heterocycles. The molecule has 3 nitrogen and oxygen atoms in total. The molecule has 1 aromatic heterocycles. The van der Waals surface area contributed by atoms with Gasteiger partial charge in [-0.3, -0.25) is 4.79 Å². The number of hydrogen-bond acceptors (Lipinski definition) is 1. The molecule has 0 aliphatic carbocycles. The number of imidazole rings is 1. The van der Waals surface area contributed by atoms with Gasteiger partial charge in [-0.25, -0.2) is 9.13 Å². The number of rotatable bonds is 6. The van der Waals surface area contributed by atoms with E-state index in [1.807, 2.05) is 53.6 Å². The van der Waals surface area contributed by atoms with Gasteiger partial charge in [-0.05, 0) is 11.8 Å². The molecule has 0 saturated carbocycles. The molecule has 0 aliphatic heterocycles. The van der Waals surface area contributed by atoms with Crippen LogP contribution in [0.2, 0.25) is 0 Å². The Hall–Kier alpha value is -2.68. The molecule has 0 bridgehead atoms. The second-order valence-corrected chi connectivity index (χ2v) is 7.38. The molecule has 0 fully saturated rings. The highest BCUT2D eigenvalue weighted by Gasteiger charge is 2.20. The van der Waals surface area contributed by atoms with Crippen molar-refractivity contribution in [3.05, 3.63) is 83.9 Å². The zero-order valence-electron chi connectivity index (χ0n) is 16.0. The maximum Gasteiger partial charge on any atom is 0.249 e. The first-order valence-corrected chi connectivity index (χ1v) is 9.26. The van der Waals surface area contributed by atoms with Crippen LogP contribution in [0, 0.1) is 0 Å². The fourth-order valence-corrected chi connectivity index (χ4v) is 3.31. The van der Waals surface area contributed by atoms with Crippen molar-refractivity contribution in [3.8, 4) is 5.69 Å². The Labute approximate surface area is 155 Å². The number of Topliss-reactive ketones (excluding diaryl/α,β-unsaturated/α-hetero) is 1. The molecule has 0 atom stereocenters. The van der Waals surface area contributed by atoms with Gasteiger partial charge in [-0.15, -0.1) is 0 Å².